The van der Waals surface area contributed by atoms with Crippen molar-refractivity contribution in [1.29, 1.82) is 0 Å². The summed E-state index contributed by atoms with van der Waals surface area (Å²) in [6.07, 6.45) is 1.87. The molecule has 2 unspecified atom stereocenters. The maximum Gasteiger partial charge on any atom is 0.378 e. The zero-order chi connectivity index (χ0) is 26.2. The van der Waals surface area contributed by atoms with E-state index in [1.54, 1.807) is 13.1 Å². The van der Waals surface area contributed by atoms with Crippen LogP contribution in [-0.4, -0.2) is 82.1 Å². The maximum absolute atomic E-state index is 13.4. The first-order chi connectivity index (χ1) is 17.8. The number of carbonyl (C=O) groups is 4. The Balaban J connectivity index is 1.33. The average molecular weight is 516 g/mol. The SMILES string of the molecule is [B]OC(=O)[C@@]1(N2C(=O)N(/N=C/c3ccccc3)C[C@H]2C)CN2C(=O)C(CC(=O)Cc3ccccc3)C2S1. The van der Waals surface area contributed by atoms with E-state index in [1.807, 2.05) is 60.7 Å². The number of hydrazone groups is 1. The number of Topliss-reactive ketones (excluding diaryl/α,β-unsaturated/α-hetero) is 1. The second-order valence-corrected chi connectivity index (χ2v) is 10.8. The van der Waals surface area contributed by atoms with E-state index in [2.05, 4.69) is 9.76 Å². The van der Waals surface area contributed by atoms with Crippen LogP contribution in [0.2, 0.25) is 0 Å². The van der Waals surface area contributed by atoms with Crippen LogP contribution in [0.1, 0.15) is 24.5 Å². The molecule has 2 aromatic rings. The average Bonchev–Trinajstić information content (AvgIpc) is 3.41. The molecule has 11 heteroatoms. The fraction of sp³-hybridized carbons (Fsp3) is 0.346. The Morgan fingerprint density at radius 1 is 1.14 bits per heavy atom. The van der Waals surface area contributed by atoms with Gasteiger partial charge in [0.2, 0.25) is 10.8 Å². The Morgan fingerprint density at radius 3 is 2.49 bits per heavy atom. The number of amides is 3. The summed E-state index contributed by atoms with van der Waals surface area (Å²) in [6, 6.07) is 17.8. The number of β-lactam (4-membered cyclic amide) rings is 1. The molecule has 0 bridgehead atoms. The molecule has 5 rings (SSSR count). The first-order valence-electron chi connectivity index (χ1n) is 12.0. The first-order valence-corrected chi connectivity index (χ1v) is 12.9. The van der Waals surface area contributed by atoms with Crippen molar-refractivity contribution in [3.05, 3.63) is 71.8 Å². The van der Waals surface area contributed by atoms with Gasteiger partial charge in [0.05, 0.1) is 36.6 Å². The number of hydrogen-bond acceptors (Lipinski definition) is 7. The van der Waals surface area contributed by atoms with E-state index in [1.165, 1.54) is 14.8 Å². The molecule has 3 fully saturated rings. The largest absolute Gasteiger partial charge is 0.541 e. The summed E-state index contributed by atoms with van der Waals surface area (Å²) in [7, 11) is 5.31. The molecule has 2 aromatic carbocycles. The van der Waals surface area contributed by atoms with Crippen molar-refractivity contribution in [2.45, 2.75) is 36.1 Å². The van der Waals surface area contributed by atoms with Gasteiger partial charge in [-0.1, -0.05) is 72.4 Å². The summed E-state index contributed by atoms with van der Waals surface area (Å²) in [5.41, 5.74) is 1.70. The number of thioether (sulfide) groups is 1. The second kappa shape index (κ2) is 10.0. The van der Waals surface area contributed by atoms with E-state index in [4.69, 9.17) is 8.05 Å². The fourth-order valence-electron chi connectivity index (χ4n) is 5.15. The highest BCUT2D eigenvalue weighted by atomic mass is 32.2. The normalized spacial score (nSPS) is 26.9. The number of hydrogen-bond donors (Lipinski definition) is 0. The minimum atomic E-state index is -1.53. The Kier molecular flexibility index (Phi) is 6.81. The molecule has 3 amide bonds. The van der Waals surface area contributed by atoms with Gasteiger partial charge in [-0.15, -0.1) is 0 Å². The van der Waals surface area contributed by atoms with Crippen LogP contribution in [0.25, 0.3) is 0 Å². The number of rotatable bonds is 8. The summed E-state index contributed by atoms with van der Waals surface area (Å²) in [5.74, 6) is -1.67. The maximum atomic E-state index is 13.4. The van der Waals surface area contributed by atoms with E-state index >= 15 is 0 Å². The van der Waals surface area contributed by atoms with E-state index in [9.17, 15) is 19.2 Å². The number of fused-ring (bicyclic) bond motifs is 1. The fourth-order valence-corrected chi connectivity index (χ4v) is 6.96. The Morgan fingerprint density at radius 2 is 1.81 bits per heavy atom. The minimum Gasteiger partial charge on any atom is -0.541 e. The van der Waals surface area contributed by atoms with Gasteiger partial charge < -0.3 is 9.55 Å². The quantitative estimate of drug-likeness (QED) is 0.303. The molecule has 9 nitrogen and oxygen atoms in total. The van der Waals surface area contributed by atoms with E-state index in [-0.39, 0.29) is 37.6 Å². The van der Waals surface area contributed by atoms with E-state index < -0.39 is 34.2 Å². The second-order valence-electron chi connectivity index (χ2n) is 9.41. The van der Waals surface area contributed by atoms with Gasteiger partial charge in [-0.3, -0.25) is 19.3 Å². The molecular weight excluding hydrogens is 491 g/mol. The Labute approximate surface area is 220 Å². The van der Waals surface area contributed by atoms with Crippen LogP contribution < -0.4 is 0 Å². The van der Waals surface area contributed by atoms with Crippen LogP contribution in [-0.2, 0) is 25.5 Å². The van der Waals surface area contributed by atoms with Crippen LogP contribution >= 0.6 is 11.8 Å². The van der Waals surface area contributed by atoms with Gasteiger partial charge in [0, 0.05) is 12.8 Å². The zero-order valence-corrected chi connectivity index (χ0v) is 21.0. The van der Waals surface area contributed by atoms with Crippen molar-refractivity contribution in [1.82, 2.24) is 14.8 Å². The van der Waals surface area contributed by atoms with Crippen molar-refractivity contribution < 1.29 is 23.8 Å². The third-order valence-corrected chi connectivity index (χ3v) is 8.62. The van der Waals surface area contributed by atoms with Gasteiger partial charge in [0.25, 0.3) is 0 Å². The molecular formula is C26H25BN4O5S. The molecule has 0 saturated carbocycles. The van der Waals surface area contributed by atoms with Crippen LogP contribution in [0, 0.1) is 5.92 Å². The standard InChI is InChI=1S/C26H25BN4O5S/c1-17-15-30(28-14-19-10-6-3-7-11-19)25(35)31(17)26(24(34)36-27)16-29-22(33)21(23(29)37-26)13-20(32)12-18-8-4-2-5-9-18/h2-11,14,17,21,23H,12-13,15-16H2,1H3/b28-14+/t17-,21?,23?,26-/m1/s1. The van der Waals surface area contributed by atoms with Crippen LogP contribution in [0.3, 0.4) is 0 Å². The molecule has 3 aliphatic heterocycles. The van der Waals surface area contributed by atoms with Crippen molar-refractivity contribution in [3.8, 4) is 0 Å². The predicted molar refractivity (Wildman–Crippen MR) is 138 cm³/mol. The van der Waals surface area contributed by atoms with Gasteiger partial charge in [0.15, 0.2) is 0 Å². The lowest BCUT2D eigenvalue weighted by atomic mass is 9.90. The number of carbonyl (C=O) groups excluding carboxylic acids is 4. The molecule has 0 aliphatic carbocycles. The topological polar surface area (TPSA) is 99.6 Å². The molecule has 3 heterocycles. The van der Waals surface area contributed by atoms with Crippen molar-refractivity contribution in [3.63, 3.8) is 0 Å². The van der Waals surface area contributed by atoms with E-state index in [0.717, 1.165) is 22.9 Å². The molecule has 0 N–H and O–H groups in total. The molecule has 3 saturated heterocycles. The van der Waals surface area contributed by atoms with Crippen molar-refractivity contribution in [2.24, 2.45) is 11.0 Å². The molecule has 0 spiro atoms. The molecule has 188 valence electrons. The third-order valence-electron chi connectivity index (χ3n) is 6.91. The highest BCUT2D eigenvalue weighted by Crippen LogP contribution is 2.53. The van der Waals surface area contributed by atoms with Crippen molar-refractivity contribution in [2.75, 3.05) is 13.1 Å². The zero-order valence-electron chi connectivity index (χ0n) is 20.2. The number of nitrogens with zero attached hydrogens (tertiary/aromatic N) is 4. The van der Waals surface area contributed by atoms with Gasteiger partial charge in [-0.05, 0) is 18.1 Å². The predicted octanol–water partition coefficient (Wildman–Crippen LogP) is 2.20. The molecule has 37 heavy (non-hydrogen) atoms. The molecule has 0 aromatic heterocycles. The first kappa shape index (κ1) is 25.1. The van der Waals surface area contributed by atoms with Crippen LogP contribution in [0.4, 0.5) is 4.79 Å². The van der Waals surface area contributed by atoms with Crippen molar-refractivity contribution >= 4 is 49.7 Å². The van der Waals surface area contributed by atoms with Gasteiger partial charge in [-0.25, -0.2) is 9.80 Å². The van der Waals surface area contributed by atoms with Gasteiger partial charge in [0.1, 0.15) is 5.78 Å². The summed E-state index contributed by atoms with van der Waals surface area (Å²) in [5, 5.41) is 5.18. The van der Waals surface area contributed by atoms with Crippen LogP contribution in [0.5, 0.6) is 0 Å². The van der Waals surface area contributed by atoms with Gasteiger partial charge >= 0.3 is 20.0 Å². The van der Waals surface area contributed by atoms with Gasteiger partial charge in [-0.2, -0.15) is 5.10 Å². The highest BCUT2D eigenvalue weighted by Gasteiger charge is 2.67. The lowest BCUT2D eigenvalue weighted by molar-refractivity contribution is -0.154. The molecule has 4 atom stereocenters. The number of benzene rings is 2. The number of urea groups is 1. The summed E-state index contributed by atoms with van der Waals surface area (Å²) in [4.78, 5) is 53.6. The van der Waals surface area contributed by atoms with E-state index in [0.29, 0.717) is 0 Å². The van der Waals surface area contributed by atoms with Crippen LogP contribution in [0.15, 0.2) is 65.8 Å². The lowest BCUT2D eigenvalue weighted by Crippen LogP contribution is -2.60. The molecule has 2 radical (unpaired) electrons. The summed E-state index contributed by atoms with van der Waals surface area (Å²) in [6.45, 7) is 1.99. The smallest absolute Gasteiger partial charge is 0.378 e. The third kappa shape index (κ3) is 4.52. The highest BCUT2D eigenvalue weighted by molar-refractivity contribution is 8.02. The Bertz CT molecular complexity index is 1250. The molecule has 3 aliphatic rings. The summed E-state index contributed by atoms with van der Waals surface area (Å²) >= 11 is 1.15. The monoisotopic (exact) mass is 516 g/mol. The number of ketones is 1. The summed E-state index contributed by atoms with van der Waals surface area (Å²) < 4.78 is 4.65. The lowest BCUT2D eigenvalue weighted by Gasteiger charge is -2.41. The minimum absolute atomic E-state index is 0.0595. The Hall–Kier alpha value is -3.60.